The minimum absolute atomic E-state index is 0.0183. The van der Waals surface area contributed by atoms with Gasteiger partial charge in [-0.25, -0.2) is 4.68 Å². The molecule has 0 N–H and O–H groups in total. The summed E-state index contributed by atoms with van der Waals surface area (Å²) in [4.78, 5) is 29.8. The first kappa shape index (κ1) is 20.2. The number of amides is 2. The third-order valence-corrected chi connectivity index (χ3v) is 6.74. The van der Waals surface area contributed by atoms with Crippen LogP contribution >= 0.6 is 22.9 Å². The number of hydrogen-bond donors (Lipinski definition) is 0. The first-order valence-electron chi connectivity index (χ1n) is 10.0. The molecule has 0 radical (unpaired) electrons. The van der Waals surface area contributed by atoms with E-state index in [1.165, 1.54) is 11.3 Å². The summed E-state index contributed by atoms with van der Waals surface area (Å²) in [5.74, 6) is -0.150. The first-order valence-corrected chi connectivity index (χ1v) is 11.3. The average Bonchev–Trinajstić information content (AvgIpc) is 3.49. The quantitative estimate of drug-likeness (QED) is 0.604. The van der Waals surface area contributed by atoms with E-state index in [4.69, 9.17) is 16.3 Å². The normalized spacial score (nSPS) is 18.7. The van der Waals surface area contributed by atoms with Gasteiger partial charge in [0, 0.05) is 31.2 Å². The lowest BCUT2D eigenvalue weighted by molar-refractivity contribution is -0.00202. The van der Waals surface area contributed by atoms with E-state index in [-0.39, 0.29) is 24.5 Å². The van der Waals surface area contributed by atoms with Crippen molar-refractivity contribution in [2.45, 2.75) is 19.3 Å². The molecule has 3 aromatic rings. The Morgan fingerprint density at radius 1 is 1.03 bits per heavy atom. The summed E-state index contributed by atoms with van der Waals surface area (Å²) >= 11 is 7.40. The maximum Gasteiger partial charge on any atom is 0.276 e. The van der Waals surface area contributed by atoms with Crippen molar-refractivity contribution in [2.24, 2.45) is 0 Å². The van der Waals surface area contributed by atoms with E-state index in [2.05, 4.69) is 10.3 Å². The van der Waals surface area contributed by atoms with Crippen LogP contribution in [0.25, 0.3) is 0 Å². The SMILES string of the molecule is O=C(c1cccs1)N1CCN(C(=O)c2nnn3c2CO[C@@H](c2ccc(Cl)cc2)C3)CC1. The number of carbonyl (C=O) groups excluding carboxylic acids is 2. The van der Waals surface area contributed by atoms with E-state index in [0.29, 0.717) is 49.1 Å². The van der Waals surface area contributed by atoms with Gasteiger partial charge in [-0.3, -0.25) is 9.59 Å². The van der Waals surface area contributed by atoms with E-state index >= 15 is 0 Å². The number of aromatic nitrogens is 3. The Morgan fingerprint density at radius 3 is 2.42 bits per heavy atom. The Bertz CT molecular complexity index is 1090. The fraction of sp³-hybridized carbons (Fsp3) is 0.333. The van der Waals surface area contributed by atoms with Crippen molar-refractivity contribution in [3.8, 4) is 0 Å². The van der Waals surface area contributed by atoms with Crippen LogP contribution in [0.5, 0.6) is 0 Å². The molecule has 2 aliphatic heterocycles. The van der Waals surface area contributed by atoms with Gasteiger partial charge < -0.3 is 14.5 Å². The molecule has 1 aromatic carbocycles. The molecule has 31 heavy (non-hydrogen) atoms. The molecular formula is C21H20ClN5O3S. The average molecular weight is 458 g/mol. The summed E-state index contributed by atoms with van der Waals surface area (Å²) < 4.78 is 7.73. The molecule has 4 heterocycles. The van der Waals surface area contributed by atoms with Crippen molar-refractivity contribution in [2.75, 3.05) is 26.2 Å². The minimum atomic E-state index is -0.169. The zero-order valence-corrected chi connectivity index (χ0v) is 18.2. The van der Waals surface area contributed by atoms with Crippen LogP contribution in [0.2, 0.25) is 5.02 Å². The molecule has 0 unspecified atom stereocenters. The monoisotopic (exact) mass is 457 g/mol. The molecule has 2 aromatic heterocycles. The third kappa shape index (κ3) is 3.96. The van der Waals surface area contributed by atoms with Gasteiger partial charge in [0.1, 0.15) is 6.10 Å². The maximum atomic E-state index is 13.1. The molecule has 0 bridgehead atoms. The van der Waals surface area contributed by atoms with Gasteiger partial charge in [0.05, 0.1) is 23.7 Å². The first-order chi connectivity index (χ1) is 15.1. The summed E-state index contributed by atoms with van der Waals surface area (Å²) in [5.41, 5.74) is 2.02. The van der Waals surface area contributed by atoms with Gasteiger partial charge in [-0.05, 0) is 29.1 Å². The van der Waals surface area contributed by atoms with E-state index in [9.17, 15) is 9.59 Å². The van der Waals surface area contributed by atoms with Gasteiger partial charge in [0.25, 0.3) is 11.8 Å². The number of benzene rings is 1. The summed E-state index contributed by atoms with van der Waals surface area (Å²) in [6.07, 6.45) is -0.166. The van der Waals surface area contributed by atoms with Gasteiger partial charge in [-0.2, -0.15) is 0 Å². The van der Waals surface area contributed by atoms with Crippen LogP contribution in [0.4, 0.5) is 0 Å². The molecule has 5 rings (SSSR count). The van der Waals surface area contributed by atoms with Crippen LogP contribution in [0.3, 0.4) is 0 Å². The highest BCUT2D eigenvalue weighted by Crippen LogP contribution is 2.28. The molecule has 0 aliphatic carbocycles. The minimum Gasteiger partial charge on any atom is -0.365 e. The Kier molecular flexibility index (Phi) is 5.47. The molecule has 10 heteroatoms. The van der Waals surface area contributed by atoms with Crippen LogP contribution in [-0.4, -0.2) is 62.8 Å². The maximum absolute atomic E-state index is 13.1. The molecule has 0 spiro atoms. The standard InChI is InChI=1S/C21H20ClN5O3S/c22-15-5-3-14(4-6-15)17-12-27-16(13-30-17)19(23-24-27)21(29)26-9-7-25(8-10-26)20(28)18-2-1-11-31-18/h1-6,11,17H,7-10,12-13H2/t17-/m1/s1. The van der Waals surface area contributed by atoms with Crippen molar-refractivity contribution < 1.29 is 14.3 Å². The van der Waals surface area contributed by atoms with Crippen molar-refractivity contribution in [3.05, 3.63) is 68.6 Å². The molecule has 2 amide bonds. The van der Waals surface area contributed by atoms with Crippen LogP contribution in [-0.2, 0) is 17.9 Å². The molecule has 8 nitrogen and oxygen atoms in total. The third-order valence-electron chi connectivity index (χ3n) is 5.63. The molecular weight excluding hydrogens is 438 g/mol. The van der Waals surface area contributed by atoms with Crippen molar-refractivity contribution in [1.82, 2.24) is 24.8 Å². The number of halogens is 1. The summed E-state index contributed by atoms with van der Waals surface area (Å²) in [5, 5.41) is 10.9. The Hall–Kier alpha value is -2.75. The molecule has 1 saturated heterocycles. The molecule has 2 aliphatic rings. The molecule has 1 atom stereocenters. The number of fused-ring (bicyclic) bond motifs is 1. The van der Waals surface area contributed by atoms with Crippen LogP contribution in [0, 0.1) is 0 Å². The van der Waals surface area contributed by atoms with Crippen molar-refractivity contribution in [1.29, 1.82) is 0 Å². The second kappa shape index (κ2) is 8.41. The zero-order valence-electron chi connectivity index (χ0n) is 16.6. The molecule has 1 fully saturated rings. The second-order valence-electron chi connectivity index (χ2n) is 7.48. The smallest absolute Gasteiger partial charge is 0.276 e. The van der Waals surface area contributed by atoms with E-state index in [0.717, 1.165) is 10.4 Å². The number of nitrogens with zero attached hydrogens (tertiary/aromatic N) is 5. The fourth-order valence-corrected chi connectivity index (χ4v) is 4.69. The largest absolute Gasteiger partial charge is 0.365 e. The van der Waals surface area contributed by atoms with Crippen LogP contribution < -0.4 is 0 Å². The highest BCUT2D eigenvalue weighted by molar-refractivity contribution is 7.12. The van der Waals surface area contributed by atoms with Crippen molar-refractivity contribution in [3.63, 3.8) is 0 Å². The number of rotatable bonds is 3. The highest BCUT2D eigenvalue weighted by atomic mass is 35.5. The number of carbonyl (C=O) groups is 2. The Labute approximate surface area is 188 Å². The lowest BCUT2D eigenvalue weighted by Gasteiger charge is -2.34. The van der Waals surface area contributed by atoms with Gasteiger partial charge in [0.2, 0.25) is 0 Å². The number of ether oxygens (including phenoxy) is 1. The number of piperazine rings is 1. The highest BCUT2D eigenvalue weighted by Gasteiger charge is 2.32. The van der Waals surface area contributed by atoms with Gasteiger partial charge in [-0.1, -0.05) is 35.0 Å². The lowest BCUT2D eigenvalue weighted by Crippen LogP contribution is -2.50. The zero-order chi connectivity index (χ0) is 21.4. The van der Waals surface area contributed by atoms with Crippen LogP contribution in [0.15, 0.2) is 41.8 Å². The summed E-state index contributed by atoms with van der Waals surface area (Å²) in [7, 11) is 0. The Morgan fingerprint density at radius 2 is 1.74 bits per heavy atom. The topological polar surface area (TPSA) is 80.6 Å². The predicted octanol–water partition coefficient (Wildman–Crippen LogP) is 2.86. The van der Waals surface area contributed by atoms with Gasteiger partial charge in [-0.15, -0.1) is 16.4 Å². The number of thiophene rings is 1. The van der Waals surface area contributed by atoms with Crippen molar-refractivity contribution >= 4 is 34.8 Å². The predicted molar refractivity (Wildman–Crippen MR) is 115 cm³/mol. The molecule has 160 valence electrons. The van der Waals surface area contributed by atoms with Gasteiger partial charge >= 0.3 is 0 Å². The molecule has 0 saturated carbocycles. The van der Waals surface area contributed by atoms with E-state index in [1.54, 1.807) is 14.5 Å². The Balaban J connectivity index is 1.24. The fourth-order valence-electron chi connectivity index (χ4n) is 3.88. The second-order valence-corrected chi connectivity index (χ2v) is 8.86. The summed E-state index contributed by atoms with van der Waals surface area (Å²) in [6.45, 7) is 2.69. The van der Waals surface area contributed by atoms with E-state index in [1.807, 2.05) is 41.8 Å². The van der Waals surface area contributed by atoms with Crippen LogP contribution in [0.1, 0.15) is 37.5 Å². The number of hydrogen-bond acceptors (Lipinski definition) is 6. The lowest BCUT2D eigenvalue weighted by atomic mass is 10.1. The van der Waals surface area contributed by atoms with E-state index < -0.39 is 0 Å². The summed E-state index contributed by atoms with van der Waals surface area (Å²) in [6, 6.07) is 11.2. The van der Waals surface area contributed by atoms with Gasteiger partial charge in [0.15, 0.2) is 5.69 Å².